The van der Waals surface area contributed by atoms with Gasteiger partial charge in [0.25, 0.3) is 5.91 Å². The number of benzene rings is 1. The van der Waals surface area contributed by atoms with E-state index in [9.17, 15) is 9.59 Å². The lowest BCUT2D eigenvalue weighted by molar-refractivity contribution is -0.146. The van der Waals surface area contributed by atoms with Gasteiger partial charge in [0.2, 0.25) is 0 Å². The van der Waals surface area contributed by atoms with Gasteiger partial charge in [0, 0.05) is 32.0 Å². The lowest BCUT2D eigenvalue weighted by atomic mass is 10.1. The first-order chi connectivity index (χ1) is 13.4. The van der Waals surface area contributed by atoms with Crippen molar-refractivity contribution in [3.05, 3.63) is 48.0 Å². The Morgan fingerprint density at radius 2 is 1.96 bits per heavy atom. The largest absolute Gasteiger partial charge is 0.483 e. The average molecular weight is 387 g/mol. The van der Waals surface area contributed by atoms with Crippen LogP contribution in [0.5, 0.6) is 5.75 Å². The molecular formula is C21H29N3O4. The Hall–Kier alpha value is -2.83. The second kappa shape index (κ2) is 10.5. The van der Waals surface area contributed by atoms with Crippen molar-refractivity contribution in [2.24, 2.45) is 5.92 Å². The number of methoxy groups -OCH3 is 1. The Kier molecular flexibility index (Phi) is 8.04. The molecule has 7 nitrogen and oxygen atoms in total. The number of ether oxygens (including phenoxy) is 2. The molecule has 1 aromatic carbocycles. The third-order valence-corrected chi connectivity index (χ3v) is 4.60. The van der Waals surface area contributed by atoms with Crippen LogP contribution in [0, 0.1) is 19.8 Å². The molecule has 0 aliphatic carbocycles. The van der Waals surface area contributed by atoms with Crippen molar-refractivity contribution >= 4 is 11.9 Å². The number of nitrogens with zero attached hydrogens (tertiary/aromatic N) is 3. The topological polar surface area (TPSA) is 73.7 Å². The molecule has 0 spiro atoms. The number of hydrogen-bond donors (Lipinski definition) is 0. The van der Waals surface area contributed by atoms with Crippen molar-refractivity contribution in [3.63, 3.8) is 0 Å². The summed E-state index contributed by atoms with van der Waals surface area (Å²) in [7, 11) is 1.36. The van der Waals surface area contributed by atoms with Gasteiger partial charge in [0.15, 0.2) is 6.61 Å². The summed E-state index contributed by atoms with van der Waals surface area (Å²) in [5, 5.41) is 0. The number of aromatic nitrogens is 2. The van der Waals surface area contributed by atoms with E-state index in [1.165, 1.54) is 7.11 Å². The molecule has 1 amide bonds. The molecule has 2 aromatic rings. The number of esters is 1. The number of hydrogen-bond acceptors (Lipinski definition) is 5. The van der Waals surface area contributed by atoms with Crippen LogP contribution < -0.4 is 4.74 Å². The maximum Gasteiger partial charge on any atom is 0.310 e. The van der Waals surface area contributed by atoms with Crippen LogP contribution in [-0.2, 0) is 20.9 Å². The van der Waals surface area contributed by atoms with E-state index >= 15 is 0 Å². The number of imidazole rings is 1. The van der Waals surface area contributed by atoms with E-state index in [1.807, 2.05) is 42.8 Å². The monoisotopic (exact) mass is 387 g/mol. The first-order valence-corrected chi connectivity index (χ1v) is 9.42. The Morgan fingerprint density at radius 1 is 1.25 bits per heavy atom. The molecule has 0 fully saturated rings. The second-order valence-electron chi connectivity index (χ2n) is 6.93. The van der Waals surface area contributed by atoms with Crippen molar-refractivity contribution in [2.75, 3.05) is 26.8 Å². The van der Waals surface area contributed by atoms with E-state index in [1.54, 1.807) is 24.3 Å². The minimum absolute atomic E-state index is 0.0648. The van der Waals surface area contributed by atoms with Crippen molar-refractivity contribution in [3.8, 4) is 5.75 Å². The highest BCUT2D eigenvalue weighted by molar-refractivity contribution is 5.79. The summed E-state index contributed by atoms with van der Waals surface area (Å²) in [5.41, 5.74) is 1.98. The molecule has 1 atom stereocenters. The summed E-state index contributed by atoms with van der Waals surface area (Å²) >= 11 is 0. The standard InChI is InChI=1S/C21H29N3O4/c1-16-7-5-8-17(2)20(16)28-14-19(25)24(13-18(3)21(26)27-4)11-6-10-23-12-9-22-15-23/h5,7-9,12,15,18H,6,10-11,13-14H2,1-4H3. The molecule has 0 aliphatic heterocycles. The summed E-state index contributed by atoms with van der Waals surface area (Å²) in [6, 6.07) is 5.86. The summed E-state index contributed by atoms with van der Waals surface area (Å²) in [5.74, 6) is -0.148. The van der Waals surface area contributed by atoms with E-state index in [-0.39, 0.29) is 18.5 Å². The van der Waals surface area contributed by atoms with Crippen LogP contribution in [0.4, 0.5) is 0 Å². The molecule has 2 rings (SSSR count). The third-order valence-electron chi connectivity index (χ3n) is 4.60. The van der Waals surface area contributed by atoms with E-state index in [0.717, 1.165) is 29.8 Å². The molecule has 0 saturated carbocycles. The Bertz CT molecular complexity index is 754. The van der Waals surface area contributed by atoms with Crippen LogP contribution in [0.15, 0.2) is 36.9 Å². The number of amides is 1. The van der Waals surface area contributed by atoms with Crippen LogP contribution in [0.25, 0.3) is 0 Å². The molecule has 1 heterocycles. The van der Waals surface area contributed by atoms with E-state index < -0.39 is 5.92 Å². The summed E-state index contributed by atoms with van der Waals surface area (Å²) in [6.45, 7) is 7.16. The first kappa shape index (κ1) is 21.5. The molecule has 152 valence electrons. The molecule has 0 N–H and O–H groups in total. The first-order valence-electron chi connectivity index (χ1n) is 9.42. The highest BCUT2D eigenvalue weighted by Gasteiger charge is 2.22. The van der Waals surface area contributed by atoms with Crippen LogP contribution in [-0.4, -0.2) is 53.1 Å². The maximum absolute atomic E-state index is 12.8. The second-order valence-corrected chi connectivity index (χ2v) is 6.93. The molecule has 0 bridgehead atoms. The van der Waals surface area contributed by atoms with Crippen LogP contribution >= 0.6 is 0 Å². The molecular weight excluding hydrogens is 358 g/mol. The normalized spacial score (nSPS) is 11.7. The number of rotatable bonds is 10. The van der Waals surface area contributed by atoms with Crippen LogP contribution in [0.3, 0.4) is 0 Å². The molecule has 7 heteroatoms. The zero-order valence-electron chi connectivity index (χ0n) is 17.1. The number of carbonyl (C=O) groups is 2. The molecule has 0 saturated heterocycles. The van der Waals surface area contributed by atoms with Gasteiger partial charge < -0.3 is 18.9 Å². The Labute approximate surface area is 166 Å². The van der Waals surface area contributed by atoms with Gasteiger partial charge in [-0.1, -0.05) is 25.1 Å². The van der Waals surface area contributed by atoms with Crippen molar-refractivity contribution in [1.29, 1.82) is 0 Å². The molecule has 28 heavy (non-hydrogen) atoms. The lowest BCUT2D eigenvalue weighted by Gasteiger charge is -2.25. The van der Waals surface area contributed by atoms with Gasteiger partial charge in [0.05, 0.1) is 19.4 Å². The van der Waals surface area contributed by atoms with Gasteiger partial charge in [-0.3, -0.25) is 9.59 Å². The van der Waals surface area contributed by atoms with E-state index in [2.05, 4.69) is 4.98 Å². The fourth-order valence-corrected chi connectivity index (χ4v) is 3.04. The van der Waals surface area contributed by atoms with Crippen LogP contribution in [0.1, 0.15) is 24.5 Å². The minimum Gasteiger partial charge on any atom is -0.483 e. The third kappa shape index (κ3) is 6.11. The van der Waals surface area contributed by atoms with E-state index in [4.69, 9.17) is 9.47 Å². The van der Waals surface area contributed by atoms with Gasteiger partial charge in [-0.2, -0.15) is 0 Å². The van der Waals surface area contributed by atoms with Gasteiger partial charge in [-0.25, -0.2) is 4.98 Å². The predicted molar refractivity (Wildman–Crippen MR) is 106 cm³/mol. The number of para-hydroxylation sites is 1. The Morgan fingerprint density at radius 3 is 2.57 bits per heavy atom. The summed E-state index contributed by atoms with van der Waals surface area (Å²) in [6.07, 6.45) is 6.10. The smallest absolute Gasteiger partial charge is 0.310 e. The fraction of sp³-hybridized carbons (Fsp3) is 0.476. The van der Waals surface area contributed by atoms with Gasteiger partial charge >= 0.3 is 5.97 Å². The zero-order chi connectivity index (χ0) is 20.5. The highest BCUT2D eigenvalue weighted by atomic mass is 16.5. The van der Waals surface area contributed by atoms with Crippen molar-refractivity contribution < 1.29 is 19.1 Å². The summed E-state index contributed by atoms with van der Waals surface area (Å²) < 4.78 is 12.6. The highest BCUT2D eigenvalue weighted by Crippen LogP contribution is 2.22. The summed E-state index contributed by atoms with van der Waals surface area (Å²) in [4.78, 5) is 30.3. The SMILES string of the molecule is COC(=O)C(C)CN(CCCn1ccnc1)C(=O)COc1c(C)cccc1C. The maximum atomic E-state index is 12.8. The Balaban J connectivity index is 1.99. The van der Waals surface area contributed by atoms with Gasteiger partial charge in [0.1, 0.15) is 5.75 Å². The molecule has 1 unspecified atom stereocenters. The minimum atomic E-state index is -0.401. The predicted octanol–water partition coefficient (Wildman–Crippen LogP) is 2.61. The number of aryl methyl sites for hydroxylation is 3. The van der Waals surface area contributed by atoms with E-state index in [0.29, 0.717) is 13.1 Å². The average Bonchev–Trinajstić information content (AvgIpc) is 3.19. The van der Waals surface area contributed by atoms with Gasteiger partial charge in [-0.15, -0.1) is 0 Å². The molecule has 1 aromatic heterocycles. The van der Waals surface area contributed by atoms with Crippen molar-refractivity contribution in [2.45, 2.75) is 33.7 Å². The lowest BCUT2D eigenvalue weighted by Crippen LogP contribution is -2.40. The zero-order valence-corrected chi connectivity index (χ0v) is 17.1. The molecule has 0 aliphatic rings. The number of carbonyl (C=O) groups excluding carboxylic acids is 2. The van der Waals surface area contributed by atoms with Crippen molar-refractivity contribution in [1.82, 2.24) is 14.5 Å². The quantitative estimate of drug-likeness (QED) is 0.586. The fourth-order valence-electron chi connectivity index (χ4n) is 3.04. The van der Waals surface area contributed by atoms with Gasteiger partial charge in [-0.05, 0) is 31.4 Å². The van der Waals surface area contributed by atoms with Crippen LogP contribution in [0.2, 0.25) is 0 Å². The molecule has 0 radical (unpaired) electrons.